The second kappa shape index (κ2) is 8.12. The van der Waals surface area contributed by atoms with Crippen LogP contribution in [0.2, 0.25) is 0 Å². The van der Waals surface area contributed by atoms with Gasteiger partial charge in [-0.3, -0.25) is 4.79 Å². The Labute approximate surface area is 149 Å². The molecule has 7 heteroatoms. The van der Waals surface area contributed by atoms with Crippen LogP contribution in [0.25, 0.3) is 0 Å². The zero-order chi connectivity index (χ0) is 19.3. The molecular formula is C19H20F3NO3. The highest BCUT2D eigenvalue weighted by atomic mass is 19.4. The Balaban J connectivity index is 2.03. The summed E-state index contributed by atoms with van der Waals surface area (Å²) >= 11 is 0. The van der Waals surface area contributed by atoms with Crippen molar-refractivity contribution in [3.8, 4) is 11.5 Å². The van der Waals surface area contributed by atoms with Crippen molar-refractivity contribution in [3.05, 3.63) is 53.6 Å². The Bertz CT molecular complexity index is 758. The van der Waals surface area contributed by atoms with Crippen LogP contribution in [0.15, 0.2) is 42.5 Å². The second-order valence-corrected chi connectivity index (χ2v) is 5.77. The summed E-state index contributed by atoms with van der Waals surface area (Å²) in [6.07, 6.45) is -5.03. The van der Waals surface area contributed by atoms with Crippen molar-refractivity contribution in [2.75, 3.05) is 5.32 Å². The van der Waals surface area contributed by atoms with Gasteiger partial charge in [-0.1, -0.05) is 19.1 Å². The average molecular weight is 367 g/mol. The van der Waals surface area contributed by atoms with Gasteiger partial charge in [0.05, 0.1) is 0 Å². The largest absolute Gasteiger partial charge is 0.573 e. The quantitative estimate of drug-likeness (QED) is 0.782. The summed E-state index contributed by atoms with van der Waals surface area (Å²) in [5.41, 5.74) is 2.36. The summed E-state index contributed by atoms with van der Waals surface area (Å²) in [4.78, 5) is 12.4. The molecule has 0 radical (unpaired) electrons. The summed E-state index contributed by atoms with van der Waals surface area (Å²) in [6, 6.07) is 10.5. The molecule has 2 rings (SSSR count). The summed E-state index contributed by atoms with van der Waals surface area (Å²) in [5.74, 6) is -0.104. The lowest BCUT2D eigenvalue weighted by molar-refractivity contribution is -0.274. The monoisotopic (exact) mass is 367 g/mol. The van der Waals surface area contributed by atoms with Crippen molar-refractivity contribution in [1.82, 2.24) is 0 Å². The first-order chi connectivity index (χ1) is 12.2. The summed E-state index contributed by atoms with van der Waals surface area (Å²) in [6.45, 7) is 5.68. The number of benzene rings is 2. The van der Waals surface area contributed by atoms with Crippen LogP contribution < -0.4 is 14.8 Å². The fourth-order valence-electron chi connectivity index (χ4n) is 2.29. The van der Waals surface area contributed by atoms with Crippen LogP contribution in [-0.4, -0.2) is 18.4 Å². The molecule has 26 heavy (non-hydrogen) atoms. The zero-order valence-corrected chi connectivity index (χ0v) is 14.7. The number of anilines is 1. The summed E-state index contributed by atoms with van der Waals surface area (Å²) in [7, 11) is 0. The number of hydrogen-bond donors (Lipinski definition) is 1. The number of aryl methyl sites for hydroxylation is 1. The maximum absolute atomic E-state index is 12.4. The van der Waals surface area contributed by atoms with E-state index in [0.717, 1.165) is 23.3 Å². The highest BCUT2D eigenvalue weighted by Crippen LogP contribution is 2.25. The van der Waals surface area contributed by atoms with Gasteiger partial charge in [-0.25, -0.2) is 0 Å². The van der Waals surface area contributed by atoms with Crippen LogP contribution in [0.3, 0.4) is 0 Å². The zero-order valence-electron chi connectivity index (χ0n) is 14.7. The number of amides is 1. The molecule has 0 bridgehead atoms. The van der Waals surface area contributed by atoms with Crippen LogP contribution in [0.4, 0.5) is 18.9 Å². The van der Waals surface area contributed by atoms with Crippen molar-refractivity contribution < 1.29 is 27.4 Å². The van der Waals surface area contributed by atoms with Gasteiger partial charge in [-0.05, 0) is 61.7 Å². The van der Waals surface area contributed by atoms with E-state index in [9.17, 15) is 18.0 Å². The Morgan fingerprint density at radius 3 is 2.35 bits per heavy atom. The minimum atomic E-state index is -4.75. The Morgan fingerprint density at radius 2 is 1.77 bits per heavy atom. The first-order valence-corrected chi connectivity index (χ1v) is 8.09. The number of carbonyl (C=O) groups is 1. The van der Waals surface area contributed by atoms with E-state index in [1.54, 1.807) is 6.07 Å². The van der Waals surface area contributed by atoms with Gasteiger partial charge in [-0.2, -0.15) is 0 Å². The third-order valence-corrected chi connectivity index (χ3v) is 3.84. The van der Waals surface area contributed by atoms with Gasteiger partial charge in [0.25, 0.3) is 5.91 Å². The molecule has 0 unspecified atom stereocenters. The molecule has 2 aromatic rings. The molecule has 2 aromatic carbocycles. The van der Waals surface area contributed by atoms with Crippen LogP contribution >= 0.6 is 0 Å². The third-order valence-electron chi connectivity index (χ3n) is 3.84. The third kappa shape index (κ3) is 5.40. The molecular weight excluding hydrogens is 347 g/mol. The van der Waals surface area contributed by atoms with Crippen LogP contribution in [-0.2, 0) is 4.79 Å². The summed E-state index contributed by atoms with van der Waals surface area (Å²) < 4.78 is 46.1. The van der Waals surface area contributed by atoms with Crippen molar-refractivity contribution in [2.24, 2.45) is 0 Å². The van der Waals surface area contributed by atoms with Gasteiger partial charge in [0.1, 0.15) is 11.5 Å². The predicted octanol–water partition coefficient (Wildman–Crippen LogP) is 5.00. The van der Waals surface area contributed by atoms with E-state index in [0.29, 0.717) is 17.9 Å². The molecule has 1 atom stereocenters. The molecule has 0 aliphatic carbocycles. The molecule has 0 fully saturated rings. The minimum Gasteiger partial charge on any atom is -0.480 e. The number of hydrogen-bond acceptors (Lipinski definition) is 3. The van der Waals surface area contributed by atoms with Crippen LogP contribution in [0.1, 0.15) is 24.5 Å². The fraction of sp³-hybridized carbons (Fsp3) is 0.316. The smallest absolute Gasteiger partial charge is 0.480 e. The standard InChI is InChI=1S/C19H20F3NO3/c1-4-16(25-17-7-5-6-12(2)13(17)3)18(24)23-14-8-10-15(11-9-14)26-19(20,21)22/h5-11,16H,4H2,1-3H3,(H,23,24)/t16-/m1/s1. The number of carbonyl (C=O) groups excluding carboxylic acids is 1. The average Bonchev–Trinajstić information content (AvgIpc) is 2.56. The molecule has 0 saturated carbocycles. The van der Waals surface area contributed by atoms with Gasteiger partial charge in [-0.15, -0.1) is 13.2 Å². The Morgan fingerprint density at radius 1 is 1.12 bits per heavy atom. The second-order valence-electron chi connectivity index (χ2n) is 5.77. The SMILES string of the molecule is CC[C@@H](Oc1cccc(C)c1C)C(=O)Nc1ccc(OC(F)(F)F)cc1. The number of alkyl halides is 3. The van der Waals surface area contributed by atoms with E-state index in [2.05, 4.69) is 10.1 Å². The number of ether oxygens (including phenoxy) is 2. The van der Waals surface area contributed by atoms with Crippen molar-refractivity contribution in [3.63, 3.8) is 0 Å². The molecule has 140 valence electrons. The first kappa shape index (κ1) is 19.6. The molecule has 0 aliphatic rings. The lowest BCUT2D eigenvalue weighted by Crippen LogP contribution is -2.32. The van der Waals surface area contributed by atoms with E-state index in [4.69, 9.17) is 4.74 Å². The number of nitrogens with one attached hydrogen (secondary N) is 1. The van der Waals surface area contributed by atoms with Gasteiger partial charge in [0.2, 0.25) is 0 Å². The number of halogens is 3. The fourth-order valence-corrected chi connectivity index (χ4v) is 2.29. The molecule has 0 heterocycles. The van der Waals surface area contributed by atoms with Gasteiger partial charge in [0.15, 0.2) is 6.10 Å². The van der Waals surface area contributed by atoms with E-state index in [1.807, 2.05) is 32.9 Å². The lowest BCUT2D eigenvalue weighted by Gasteiger charge is -2.19. The highest BCUT2D eigenvalue weighted by molar-refractivity contribution is 5.94. The molecule has 0 saturated heterocycles. The van der Waals surface area contributed by atoms with Crippen LogP contribution in [0.5, 0.6) is 11.5 Å². The van der Waals surface area contributed by atoms with Gasteiger partial charge < -0.3 is 14.8 Å². The normalized spacial score (nSPS) is 12.4. The first-order valence-electron chi connectivity index (χ1n) is 8.09. The van der Waals surface area contributed by atoms with Crippen molar-refractivity contribution in [1.29, 1.82) is 0 Å². The molecule has 4 nitrogen and oxygen atoms in total. The van der Waals surface area contributed by atoms with E-state index in [-0.39, 0.29) is 11.7 Å². The van der Waals surface area contributed by atoms with E-state index < -0.39 is 12.5 Å². The predicted molar refractivity (Wildman–Crippen MR) is 92.4 cm³/mol. The van der Waals surface area contributed by atoms with Crippen LogP contribution in [0, 0.1) is 13.8 Å². The lowest BCUT2D eigenvalue weighted by atomic mass is 10.1. The summed E-state index contributed by atoms with van der Waals surface area (Å²) in [5, 5.41) is 2.64. The highest BCUT2D eigenvalue weighted by Gasteiger charge is 2.31. The molecule has 1 amide bonds. The van der Waals surface area contributed by atoms with Crippen molar-refractivity contribution in [2.45, 2.75) is 39.7 Å². The van der Waals surface area contributed by atoms with Gasteiger partial charge in [0, 0.05) is 5.69 Å². The Kier molecular flexibility index (Phi) is 6.13. The van der Waals surface area contributed by atoms with Crippen molar-refractivity contribution >= 4 is 11.6 Å². The maximum atomic E-state index is 12.4. The van der Waals surface area contributed by atoms with E-state index >= 15 is 0 Å². The topological polar surface area (TPSA) is 47.6 Å². The Hall–Kier alpha value is -2.70. The number of rotatable bonds is 6. The van der Waals surface area contributed by atoms with Gasteiger partial charge >= 0.3 is 6.36 Å². The maximum Gasteiger partial charge on any atom is 0.573 e. The molecule has 1 N–H and O–H groups in total. The minimum absolute atomic E-state index is 0.353. The van der Waals surface area contributed by atoms with E-state index in [1.165, 1.54) is 12.1 Å². The molecule has 0 aliphatic heterocycles. The molecule has 0 aromatic heterocycles. The molecule has 0 spiro atoms.